The molecule has 0 bridgehead atoms. The third-order valence-electron chi connectivity index (χ3n) is 3.31. The second-order valence-electron chi connectivity index (χ2n) is 5.48. The van der Waals surface area contributed by atoms with Crippen LogP contribution in [0.5, 0.6) is 0 Å². The summed E-state index contributed by atoms with van der Waals surface area (Å²) in [6.07, 6.45) is 12.9. The number of hydrogen-bond donors (Lipinski definition) is 0. The molecule has 0 aromatic rings. The van der Waals surface area contributed by atoms with Gasteiger partial charge in [0.1, 0.15) is 0 Å². The fourth-order valence-corrected chi connectivity index (χ4v) is 2.34. The van der Waals surface area contributed by atoms with E-state index in [-0.39, 0.29) is 0 Å². The summed E-state index contributed by atoms with van der Waals surface area (Å²) in [5.74, 6) is 1.92. The van der Waals surface area contributed by atoms with Crippen molar-refractivity contribution in [3.63, 3.8) is 0 Å². The molecule has 1 atom stereocenters. The first kappa shape index (κ1) is 15.0. The third-order valence-corrected chi connectivity index (χ3v) is 3.31. The maximum Gasteiger partial charge on any atom is -0.0414 e. The quantitative estimate of drug-likeness (QED) is 0.401. The van der Waals surface area contributed by atoms with E-state index in [0.717, 1.165) is 11.8 Å². The standard InChI is InChI=1S/C15H32/c1-5-7-8-12-15(10-6-2)13-9-11-14(3)4/h14-15H,5-13H2,1-4H3. The minimum absolute atomic E-state index is 0.892. The van der Waals surface area contributed by atoms with Crippen LogP contribution in [0.15, 0.2) is 0 Å². The molecule has 0 rings (SSSR count). The molecule has 0 aliphatic heterocycles. The summed E-state index contributed by atoms with van der Waals surface area (Å²) in [7, 11) is 0. The van der Waals surface area contributed by atoms with E-state index in [0.29, 0.717) is 0 Å². The van der Waals surface area contributed by atoms with Crippen molar-refractivity contribution in [1.29, 1.82) is 0 Å². The summed E-state index contributed by atoms with van der Waals surface area (Å²) in [6, 6.07) is 0. The van der Waals surface area contributed by atoms with Gasteiger partial charge in [0.15, 0.2) is 0 Å². The first-order valence-electron chi connectivity index (χ1n) is 7.20. The summed E-state index contributed by atoms with van der Waals surface area (Å²) in [6.45, 7) is 9.31. The van der Waals surface area contributed by atoms with Crippen molar-refractivity contribution in [2.24, 2.45) is 11.8 Å². The largest absolute Gasteiger partial charge is 0.0654 e. The van der Waals surface area contributed by atoms with Gasteiger partial charge in [-0.3, -0.25) is 0 Å². The molecule has 0 radical (unpaired) electrons. The average Bonchev–Trinajstić information content (AvgIpc) is 2.17. The maximum absolute atomic E-state index is 2.34. The van der Waals surface area contributed by atoms with Gasteiger partial charge in [-0.25, -0.2) is 0 Å². The predicted octanol–water partition coefficient (Wildman–Crippen LogP) is 5.81. The van der Waals surface area contributed by atoms with E-state index in [4.69, 9.17) is 0 Å². The molecule has 15 heavy (non-hydrogen) atoms. The SMILES string of the molecule is CCCCCC(CCC)CCCC(C)C. The van der Waals surface area contributed by atoms with Crippen molar-refractivity contribution in [2.45, 2.75) is 85.5 Å². The minimum atomic E-state index is 0.892. The van der Waals surface area contributed by atoms with Gasteiger partial charge in [0.05, 0.1) is 0 Å². The lowest BCUT2D eigenvalue weighted by Crippen LogP contribution is -2.01. The zero-order valence-electron chi connectivity index (χ0n) is 11.5. The highest BCUT2D eigenvalue weighted by Gasteiger charge is 2.07. The van der Waals surface area contributed by atoms with Gasteiger partial charge in [-0.1, -0.05) is 85.5 Å². The van der Waals surface area contributed by atoms with Crippen LogP contribution in [0.2, 0.25) is 0 Å². The topological polar surface area (TPSA) is 0 Å². The Balaban J connectivity index is 3.53. The zero-order chi connectivity index (χ0) is 11.5. The highest BCUT2D eigenvalue weighted by molar-refractivity contribution is 4.60. The fourth-order valence-electron chi connectivity index (χ4n) is 2.34. The molecule has 0 aliphatic rings. The maximum atomic E-state index is 2.34. The smallest absolute Gasteiger partial charge is 0.0414 e. The van der Waals surface area contributed by atoms with Gasteiger partial charge >= 0.3 is 0 Å². The molecule has 0 nitrogen and oxygen atoms in total. The molecule has 0 saturated carbocycles. The Kier molecular flexibility index (Phi) is 10.5. The fraction of sp³-hybridized carbons (Fsp3) is 1.00. The van der Waals surface area contributed by atoms with Crippen molar-refractivity contribution < 1.29 is 0 Å². The van der Waals surface area contributed by atoms with Gasteiger partial charge in [-0.2, -0.15) is 0 Å². The van der Waals surface area contributed by atoms with Crippen LogP contribution in [0.3, 0.4) is 0 Å². The zero-order valence-corrected chi connectivity index (χ0v) is 11.5. The second-order valence-corrected chi connectivity index (χ2v) is 5.48. The van der Waals surface area contributed by atoms with Crippen LogP contribution < -0.4 is 0 Å². The van der Waals surface area contributed by atoms with Crippen LogP contribution in [0.1, 0.15) is 85.5 Å². The molecule has 0 aromatic heterocycles. The lowest BCUT2D eigenvalue weighted by molar-refractivity contribution is 0.371. The summed E-state index contributed by atoms with van der Waals surface area (Å²) >= 11 is 0. The Morgan fingerprint density at radius 2 is 1.33 bits per heavy atom. The van der Waals surface area contributed by atoms with E-state index >= 15 is 0 Å². The van der Waals surface area contributed by atoms with Gasteiger partial charge in [0.2, 0.25) is 0 Å². The first-order valence-corrected chi connectivity index (χ1v) is 7.20. The molecule has 0 saturated heterocycles. The van der Waals surface area contributed by atoms with Crippen molar-refractivity contribution in [3.8, 4) is 0 Å². The molecule has 0 spiro atoms. The second kappa shape index (κ2) is 10.5. The van der Waals surface area contributed by atoms with E-state index in [1.165, 1.54) is 57.8 Å². The Labute approximate surface area is 97.8 Å². The van der Waals surface area contributed by atoms with E-state index in [9.17, 15) is 0 Å². The van der Waals surface area contributed by atoms with Crippen LogP contribution in [-0.2, 0) is 0 Å². The minimum Gasteiger partial charge on any atom is -0.0654 e. The van der Waals surface area contributed by atoms with Gasteiger partial charge in [0.25, 0.3) is 0 Å². The first-order chi connectivity index (χ1) is 7.20. The number of hydrogen-bond acceptors (Lipinski definition) is 0. The van der Waals surface area contributed by atoms with E-state index < -0.39 is 0 Å². The number of rotatable bonds is 10. The molecule has 0 aliphatic carbocycles. The molecule has 1 unspecified atom stereocenters. The van der Waals surface area contributed by atoms with Crippen molar-refractivity contribution in [3.05, 3.63) is 0 Å². The van der Waals surface area contributed by atoms with Crippen LogP contribution in [0.4, 0.5) is 0 Å². The molecule has 0 N–H and O–H groups in total. The lowest BCUT2D eigenvalue weighted by atomic mass is 9.90. The van der Waals surface area contributed by atoms with Gasteiger partial charge in [-0.15, -0.1) is 0 Å². The van der Waals surface area contributed by atoms with E-state index in [1.807, 2.05) is 0 Å². The van der Waals surface area contributed by atoms with E-state index in [1.54, 1.807) is 0 Å². The Morgan fingerprint density at radius 3 is 1.87 bits per heavy atom. The van der Waals surface area contributed by atoms with E-state index in [2.05, 4.69) is 27.7 Å². The summed E-state index contributed by atoms with van der Waals surface area (Å²) in [5.41, 5.74) is 0. The molecule has 0 fully saturated rings. The summed E-state index contributed by atoms with van der Waals surface area (Å²) < 4.78 is 0. The van der Waals surface area contributed by atoms with Crippen LogP contribution in [0.25, 0.3) is 0 Å². The molecule has 0 heteroatoms. The van der Waals surface area contributed by atoms with Crippen molar-refractivity contribution >= 4 is 0 Å². The van der Waals surface area contributed by atoms with Gasteiger partial charge in [-0.05, 0) is 11.8 Å². The van der Waals surface area contributed by atoms with Gasteiger partial charge in [0, 0.05) is 0 Å². The van der Waals surface area contributed by atoms with Gasteiger partial charge < -0.3 is 0 Å². The Bertz CT molecular complexity index is 115. The van der Waals surface area contributed by atoms with Crippen LogP contribution in [-0.4, -0.2) is 0 Å². The van der Waals surface area contributed by atoms with Crippen LogP contribution >= 0.6 is 0 Å². The summed E-state index contributed by atoms with van der Waals surface area (Å²) in [4.78, 5) is 0. The molecule has 0 aromatic carbocycles. The third kappa shape index (κ3) is 10.3. The molecular weight excluding hydrogens is 180 g/mol. The molecule has 0 amide bonds. The Morgan fingerprint density at radius 1 is 0.667 bits per heavy atom. The van der Waals surface area contributed by atoms with Crippen molar-refractivity contribution in [1.82, 2.24) is 0 Å². The molecule has 92 valence electrons. The van der Waals surface area contributed by atoms with Crippen LogP contribution in [0, 0.1) is 11.8 Å². The lowest BCUT2D eigenvalue weighted by Gasteiger charge is -2.16. The predicted molar refractivity (Wildman–Crippen MR) is 71.2 cm³/mol. The normalized spacial score (nSPS) is 13.4. The summed E-state index contributed by atoms with van der Waals surface area (Å²) in [5, 5.41) is 0. The Hall–Kier alpha value is 0. The molecular formula is C15H32. The monoisotopic (exact) mass is 212 g/mol. The average molecular weight is 212 g/mol. The van der Waals surface area contributed by atoms with Crippen molar-refractivity contribution in [2.75, 3.05) is 0 Å². The highest BCUT2D eigenvalue weighted by atomic mass is 14.1. The highest BCUT2D eigenvalue weighted by Crippen LogP contribution is 2.22. The molecule has 0 heterocycles. The number of unbranched alkanes of at least 4 members (excludes halogenated alkanes) is 2.